The fourth-order valence-corrected chi connectivity index (χ4v) is 3.03. The smallest absolute Gasteiger partial charge is 0.294 e. The molecule has 3 heterocycles. The molecule has 134 valence electrons. The Balaban J connectivity index is 1.80. The lowest BCUT2D eigenvalue weighted by atomic mass is 10.2. The number of fused-ring (bicyclic) bond motifs is 1. The fraction of sp³-hybridized carbons (Fsp3) is 0.316. The van der Waals surface area contributed by atoms with Gasteiger partial charge in [0.05, 0.1) is 24.1 Å². The normalized spacial score (nSPS) is 16.5. The zero-order valence-electron chi connectivity index (χ0n) is 14.5. The number of para-hydroxylation sites is 1. The Labute approximate surface area is 150 Å². The van der Waals surface area contributed by atoms with E-state index in [1.807, 2.05) is 43.3 Å². The van der Waals surface area contributed by atoms with Crippen LogP contribution in [0.15, 0.2) is 53.5 Å². The van der Waals surface area contributed by atoms with Gasteiger partial charge in [-0.15, -0.1) is 4.73 Å². The predicted octanol–water partition coefficient (Wildman–Crippen LogP) is 1.57. The van der Waals surface area contributed by atoms with Crippen LogP contribution in [0, 0.1) is 0 Å². The van der Waals surface area contributed by atoms with Crippen molar-refractivity contribution in [2.75, 3.05) is 26.3 Å². The Morgan fingerprint density at radius 1 is 1.12 bits per heavy atom. The maximum Gasteiger partial charge on any atom is 0.294 e. The third-order valence-electron chi connectivity index (χ3n) is 4.45. The Hall–Kier alpha value is -2.77. The van der Waals surface area contributed by atoms with Crippen molar-refractivity contribution in [1.82, 2.24) is 19.6 Å². The van der Waals surface area contributed by atoms with Crippen LogP contribution in [-0.4, -0.2) is 52.1 Å². The topological polar surface area (TPSA) is 69.5 Å². The molecule has 1 saturated heterocycles. The second-order valence-corrected chi connectivity index (χ2v) is 6.12. The van der Waals surface area contributed by atoms with Crippen LogP contribution < -0.4 is 10.4 Å². The van der Waals surface area contributed by atoms with Crippen LogP contribution in [0.25, 0.3) is 22.4 Å². The van der Waals surface area contributed by atoms with Crippen LogP contribution >= 0.6 is 0 Å². The molecular weight excluding hydrogens is 332 g/mol. The van der Waals surface area contributed by atoms with E-state index in [1.165, 1.54) is 4.73 Å². The summed E-state index contributed by atoms with van der Waals surface area (Å²) >= 11 is 0. The Morgan fingerprint density at radius 3 is 2.65 bits per heavy atom. The molecule has 4 rings (SSSR count). The highest BCUT2D eigenvalue weighted by Gasteiger charge is 2.22. The van der Waals surface area contributed by atoms with Gasteiger partial charge in [-0.25, -0.2) is 4.98 Å². The number of aromatic nitrogens is 3. The zero-order chi connectivity index (χ0) is 17.9. The molecule has 1 aromatic carbocycles. The highest BCUT2D eigenvalue weighted by Crippen LogP contribution is 2.16. The monoisotopic (exact) mass is 352 g/mol. The molecular formula is C19H20N4O3. The van der Waals surface area contributed by atoms with E-state index in [0.717, 1.165) is 13.1 Å². The van der Waals surface area contributed by atoms with Gasteiger partial charge in [-0.2, -0.15) is 0 Å². The lowest BCUT2D eigenvalue weighted by Crippen LogP contribution is -2.48. The molecule has 2 aromatic heterocycles. The standard InChI is InChI=1S/C19H20N4O3/c1-14(22-10-12-25-13-11-22)26-23-18(17-8-4-5-9-20-17)21-16-7-3-2-6-15(16)19(23)24/h2-9,14H,10-13H2,1H3. The van der Waals surface area contributed by atoms with Gasteiger partial charge < -0.3 is 9.57 Å². The second kappa shape index (κ2) is 7.23. The molecule has 1 unspecified atom stereocenters. The summed E-state index contributed by atoms with van der Waals surface area (Å²) in [6, 6.07) is 12.8. The summed E-state index contributed by atoms with van der Waals surface area (Å²) < 4.78 is 6.66. The molecule has 1 fully saturated rings. The highest BCUT2D eigenvalue weighted by atomic mass is 16.7. The van der Waals surface area contributed by atoms with Crippen LogP contribution in [0.1, 0.15) is 6.92 Å². The molecule has 1 aliphatic rings. The lowest BCUT2D eigenvalue weighted by Gasteiger charge is -2.32. The third kappa shape index (κ3) is 3.18. The quantitative estimate of drug-likeness (QED) is 0.710. The largest absolute Gasteiger partial charge is 0.390 e. The Kier molecular flexibility index (Phi) is 4.64. The molecule has 0 N–H and O–H groups in total. The Bertz CT molecular complexity index is 952. The summed E-state index contributed by atoms with van der Waals surface area (Å²) in [6.45, 7) is 4.76. The summed E-state index contributed by atoms with van der Waals surface area (Å²) in [6.07, 6.45) is 1.38. The van der Waals surface area contributed by atoms with E-state index in [-0.39, 0.29) is 11.8 Å². The number of rotatable bonds is 4. The number of hydrogen-bond acceptors (Lipinski definition) is 6. The molecule has 0 bridgehead atoms. The molecule has 1 atom stereocenters. The number of ether oxygens (including phenoxy) is 1. The van der Waals surface area contributed by atoms with Crippen molar-refractivity contribution in [3.8, 4) is 11.5 Å². The van der Waals surface area contributed by atoms with E-state index in [0.29, 0.717) is 35.6 Å². The van der Waals surface area contributed by atoms with Crippen molar-refractivity contribution in [2.45, 2.75) is 13.2 Å². The molecule has 26 heavy (non-hydrogen) atoms. The molecule has 3 aromatic rings. The first kappa shape index (κ1) is 16.7. The minimum Gasteiger partial charge on any atom is -0.390 e. The maximum absolute atomic E-state index is 13.1. The summed E-state index contributed by atoms with van der Waals surface area (Å²) in [5.74, 6) is 0.398. The average Bonchev–Trinajstić information content (AvgIpc) is 2.71. The van der Waals surface area contributed by atoms with Gasteiger partial charge in [0, 0.05) is 19.3 Å². The van der Waals surface area contributed by atoms with Crippen LogP contribution in [0.3, 0.4) is 0 Å². The van der Waals surface area contributed by atoms with Crippen LogP contribution in [0.4, 0.5) is 0 Å². The SMILES string of the molecule is CC(On1c(-c2ccccn2)nc2ccccc2c1=O)N1CCOCC1. The summed E-state index contributed by atoms with van der Waals surface area (Å²) in [5, 5.41) is 0.515. The van der Waals surface area contributed by atoms with Gasteiger partial charge in [-0.3, -0.25) is 14.7 Å². The van der Waals surface area contributed by atoms with Crippen molar-refractivity contribution in [2.24, 2.45) is 0 Å². The summed E-state index contributed by atoms with van der Waals surface area (Å²) in [5.41, 5.74) is 0.970. The van der Waals surface area contributed by atoms with E-state index in [9.17, 15) is 4.79 Å². The van der Waals surface area contributed by atoms with Crippen LogP contribution in [0.2, 0.25) is 0 Å². The number of benzene rings is 1. The first-order chi connectivity index (χ1) is 12.7. The number of nitrogens with zero attached hydrogens (tertiary/aromatic N) is 4. The van der Waals surface area contributed by atoms with Crippen molar-refractivity contribution in [1.29, 1.82) is 0 Å². The molecule has 1 aliphatic heterocycles. The van der Waals surface area contributed by atoms with Gasteiger partial charge in [0.15, 0.2) is 12.1 Å². The fourth-order valence-electron chi connectivity index (χ4n) is 3.03. The van der Waals surface area contributed by atoms with E-state index in [4.69, 9.17) is 9.57 Å². The van der Waals surface area contributed by atoms with Gasteiger partial charge in [0.2, 0.25) is 0 Å². The van der Waals surface area contributed by atoms with E-state index in [1.54, 1.807) is 12.3 Å². The van der Waals surface area contributed by atoms with E-state index >= 15 is 0 Å². The van der Waals surface area contributed by atoms with Crippen LogP contribution in [0.5, 0.6) is 0 Å². The van der Waals surface area contributed by atoms with E-state index in [2.05, 4.69) is 14.9 Å². The first-order valence-electron chi connectivity index (χ1n) is 8.66. The van der Waals surface area contributed by atoms with E-state index < -0.39 is 0 Å². The minimum atomic E-state index is -0.290. The summed E-state index contributed by atoms with van der Waals surface area (Å²) in [4.78, 5) is 30.2. The maximum atomic E-state index is 13.1. The van der Waals surface area contributed by atoms with Crippen molar-refractivity contribution in [3.05, 3.63) is 59.0 Å². The molecule has 0 saturated carbocycles. The van der Waals surface area contributed by atoms with Gasteiger partial charge >= 0.3 is 0 Å². The van der Waals surface area contributed by atoms with Gasteiger partial charge in [0.1, 0.15) is 5.69 Å². The molecule has 7 heteroatoms. The van der Waals surface area contributed by atoms with Gasteiger partial charge in [-0.05, 0) is 31.2 Å². The lowest BCUT2D eigenvalue weighted by molar-refractivity contribution is -0.0921. The molecule has 0 radical (unpaired) electrons. The zero-order valence-corrected chi connectivity index (χ0v) is 14.5. The molecule has 0 aliphatic carbocycles. The third-order valence-corrected chi connectivity index (χ3v) is 4.45. The van der Waals surface area contributed by atoms with Crippen molar-refractivity contribution in [3.63, 3.8) is 0 Å². The van der Waals surface area contributed by atoms with Gasteiger partial charge in [0.25, 0.3) is 5.56 Å². The van der Waals surface area contributed by atoms with Crippen molar-refractivity contribution >= 4 is 10.9 Å². The molecule has 0 spiro atoms. The minimum absolute atomic E-state index is 0.239. The number of morpholine rings is 1. The van der Waals surface area contributed by atoms with Crippen molar-refractivity contribution < 1.29 is 9.57 Å². The second-order valence-electron chi connectivity index (χ2n) is 6.12. The summed E-state index contributed by atoms with van der Waals surface area (Å²) in [7, 11) is 0. The van der Waals surface area contributed by atoms with Crippen LogP contribution in [-0.2, 0) is 4.74 Å². The molecule has 7 nitrogen and oxygen atoms in total. The van der Waals surface area contributed by atoms with Gasteiger partial charge in [-0.1, -0.05) is 18.2 Å². The first-order valence-corrected chi connectivity index (χ1v) is 8.66. The Morgan fingerprint density at radius 2 is 1.88 bits per heavy atom. The number of hydrogen-bond donors (Lipinski definition) is 0. The highest BCUT2D eigenvalue weighted by molar-refractivity contribution is 5.79. The average molecular weight is 352 g/mol. The predicted molar refractivity (Wildman–Crippen MR) is 97.7 cm³/mol. The number of pyridine rings is 1. The molecule has 0 amide bonds.